The van der Waals surface area contributed by atoms with E-state index in [9.17, 15) is 4.79 Å². The molecule has 1 unspecified atom stereocenters. The van der Waals surface area contributed by atoms with Gasteiger partial charge in [0.2, 0.25) is 5.91 Å². The van der Waals surface area contributed by atoms with Crippen molar-refractivity contribution in [3.05, 3.63) is 0 Å². The van der Waals surface area contributed by atoms with Crippen LogP contribution in [0.15, 0.2) is 0 Å². The molecule has 11 heavy (non-hydrogen) atoms. The summed E-state index contributed by atoms with van der Waals surface area (Å²) in [5.74, 6) is 1.04. The Bertz CT molecular complexity index is 179. The zero-order chi connectivity index (χ0) is 7.84. The molecule has 1 aliphatic carbocycles. The quantitative estimate of drug-likeness (QED) is 0.576. The van der Waals surface area contributed by atoms with Crippen LogP contribution >= 0.6 is 11.6 Å². The molecule has 0 bridgehead atoms. The minimum atomic E-state index is 0.0706. The summed E-state index contributed by atoms with van der Waals surface area (Å²) in [6, 6.07) is 0. The van der Waals surface area contributed by atoms with Crippen LogP contribution in [0.25, 0.3) is 0 Å². The van der Waals surface area contributed by atoms with E-state index in [0.717, 1.165) is 19.0 Å². The van der Waals surface area contributed by atoms with Crippen molar-refractivity contribution in [1.82, 2.24) is 4.90 Å². The first-order chi connectivity index (χ1) is 5.25. The smallest absolute Gasteiger partial charge is 0.224 e. The van der Waals surface area contributed by atoms with Crippen LogP contribution in [-0.4, -0.2) is 29.3 Å². The number of rotatable bonds is 2. The van der Waals surface area contributed by atoms with E-state index in [0.29, 0.717) is 6.42 Å². The third-order valence-electron chi connectivity index (χ3n) is 2.34. The SMILES string of the molecule is O=C1CC(Cl)CN1CC1CC1. The van der Waals surface area contributed by atoms with Crippen LogP contribution in [0.2, 0.25) is 0 Å². The average Bonchev–Trinajstić information content (AvgIpc) is 2.64. The molecule has 62 valence electrons. The number of hydrogen-bond donors (Lipinski definition) is 0. The molecule has 2 nitrogen and oxygen atoms in total. The molecule has 1 heterocycles. The number of likely N-dealkylation sites (tertiary alicyclic amines) is 1. The topological polar surface area (TPSA) is 20.3 Å². The van der Waals surface area contributed by atoms with Crippen molar-refractivity contribution in [2.24, 2.45) is 5.92 Å². The molecule has 1 amide bonds. The predicted molar refractivity (Wildman–Crippen MR) is 43.6 cm³/mol. The number of hydrogen-bond acceptors (Lipinski definition) is 1. The van der Waals surface area contributed by atoms with Gasteiger partial charge in [-0.15, -0.1) is 11.6 Å². The molecule has 1 atom stereocenters. The number of amides is 1. The number of alkyl halides is 1. The van der Waals surface area contributed by atoms with Crippen LogP contribution in [0.5, 0.6) is 0 Å². The molecule has 1 saturated carbocycles. The normalized spacial score (nSPS) is 31.5. The summed E-state index contributed by atoms with van der Waals surface area (Å²) in [5, 5.41) is 0.0706. The maximum Gasteiger partial charge on any atom is 0.224 e. The summed E-state index contributed by atoms with van der Waals surface area (Å²) in [4.78, 5) is 13.1. The minimum Gasteiger partial charge on any atom is -0.341 e. The monoisotopic (exact) mass is 173 g/mol. The first-order valence-corrected chi connectivity index (χ1v) is 4.61. The van der Waals surface area contributed by atoms with Crippen LogP contribution in [0.1, 0.15) is 19.3 Å². The molecule has 3 heteroatoms. The van der Waals surface area contributed by atoms with E-state index in [-0.39, 0.29) is 11.3 Å². The number of carbonyl (C=O) groups is 1. The van der Waals surface area contributed by atoms with E-state index in [1.54, 1.807) is 0 Å². The van der Waals surface area contributed by atoms with Crippen molar-refractivity contribution in [2.75, 3.05) is 13.1 Å². The Morgan fingerprint density at radius 1 is 1.55 bits per heavy atom. The van der Waals surface area contributed by atoms with Crippen LogP contribution in [0, 0.1) is 5.92 Å². The molecule has 0 radical (unpaired) electrons. The zero-order valence-electron chi connectivity index (χ0n) is 6.42. The number of nitrogens with zero attached hydrogens (tertiary/aromatic N) is 1. The zero-order valence-corrected chi connectivity index (χ0v) is 7.18. The highest BCUT2D eigenvalue weighted by Crippen LogP contribution is 2.31. The average molecular weight is 174 g/mol. The third-order valence-corrected chi connectivity index (χ3v) is 2.64. The van der Waals surface area contributed by atoms with Crippen molar-refractivity contribution >= 4 is 17.5 Å². The maximum atomic E-state index is 11.2. The molecule has 2 rings (SSSR count). The molecule has 1 saturated heterocycles. The van der Waals surface area contributed by atoms with Crippen LogP contribution in [0.3, 0.4) is 0 Å². The van der Waals surface area contributed by atoms with Crippen LogP contribution in [0.4, 0.5) is 0 Å². The number of halogens is 1. The van der Waals surface area contributed by atoms with E-state index < -0.39 is 0 Å². The summed E-state index contributed by atoms with van der Waals surface area (Å²) >= 11 is 5.84. The molecular formula is C8H12ClNO. The molecule has 0 spiro atoms. The van der Waals surface area contributed by atoms with E-state index in [1.807, 2.05) is 4.90 Å². The largest absolute Gasteiger partial charge is 0.341 e. The Labute approximate surface area is 71.5 Å². The molecule has 2 fully saturated rings. The predicted octanol–water partition coefficient (Wildman–Crippen LogP) is 1.24. The van der Waals surface area contributed by atoms with Crippen LogP contribution < -0.4 is 0 Å². The van der Waals surface area contributed by atoms with Gasteiger partial charge in [-0.1, -0.05) is 0 Å². The van der Waals surface area contributed by atoms with Gasteiger partial charge in [0.1, 0.15) is 0 Å². The molecule has 2 aliphatic rings. The molecule has 0 aromatic rings. The summed E-state index contributed by atoms with van der Waals surface area (Å²) in [7, 11) is 0. The lowest BCUT2D eigenvalue weighted by Crippen LogP contribution is -2.27. The highest BCUT2D eigenvalue weighted by Gasteiger charge is 2.32. The van der Waals surface area contributed by atoms with Gasteiger partial charge in [-0.25, -0.2) is 0 Å². The summed E-state index contributed by atoms with van der Waals surface area (Å²) < 4.78 is 0. The van der Waals surface area contributed by atoms with Gasteiger partial charge < -0.3 is 4.90 Å². The fourth-order valence-corrected chi connectivity index (χ4v) is 1.81. The fourth-order valence-electron chi connectivity index (χ4n) is 1.51. The second kappa shape index (κ2) is 2.67. The lowest BCUT2D eigenvalue weighted by Gasteiger charge is -2.14. The Morgan fingerprint density at radius 2 is 2.27 bits per heavy atom. The highest BCUT2D eigenvalue weighted by atomic mass is 35.5. The Balaban J connectivity index is 1.87. The Kier molecular flexibility index (Phi) is 1.80. The highest BCUT2D eigenvalue weighted by molar-refractivity contribution is 6.22. The van der Waals surface area contributed by atoms with Crippen molar-refractivity contribution in [3.63, 3.8) is 0 Å². The summed E-state index contributed by atoms with van der Waals surface area (Å²) in [6.45, 7) is 1.74. The van der Waals surface area contributed by atoms with Gasteiger partial charge >= 0.3 is 0 Å². The van der Waals surface area contributed by atoms with E-state index >= 15 is 0 Å². The molecular weight excluding hydrogens is 162 g/mol. The fraction of sp³-hybridized carbons (Fsp3) is 0.875. The first kappa shape index (κ1) is 7.41. The van der Waals surface area contributed by atoms with Gasteiger partial charge in [-0.2, -0.15) is 0 Å². The summed E-state index contributed by atoms with van der Waals surface area (Å²) in [6.07, 6.45) is 3.15. The first-order valence-electron chi connectivity index (χ1n) is 4.17. The van der Waals surface area contributed by atoms with Crippen molar-refractivity contribution in [1.29, 1.82) is 0 Å². The standard InChI is InChI=1S/C8H12ClNO/c9-7-3-8(11)10(5-7)4-6-1-2-6/h6-7H,1-5H2. The van der Waals surface area contributed by atoms with E-state index in [1.165, 1.54) is 12.8 Å². The third kappa shape index (κ3) is 1.67. The van der Waals surface area contributed by atoms with Crippen LogP contribution in [-0.2, 0) is 4.79 Å². The van der Waals surface area contributed by atoms with Gasteiger partial charge in [0.15, 0.2) is 0 Å². The van der Waals surface area contributed by atoms with Gasteiger partial charge in [0.05, 0.1) is 5.38 Å². The second-order valence-corrected chi connectivity index (χ2v) is 4.16. The summed E-state index contributed by atoms with van der Waals surface area (Å²) in [5.41, 5.74) is 0. The molecule has 0 N–H and O–H groups in total. The lowest BCUT2D eigenvalue weighted by molar-refractivity contribution is -0.127. The molecule has 0 aromatic carbocycles. The number of carbonyl (C=O) groups excluding carboxylic acids is 1. The van der Waals surface area contributed by atoms with Gasteiger partial charge in [0.25, 0.3) is 0 Å². The Hall–Kier alpha value is -0.240. The van der Waals surface area contributed by atoms with Gasteiger partial charge in [0, 0.05) is 19.5 Å². The molecule has 0 aromatic heterocycles. The van der Waals surface area contributed by atoms with Gasteiger partial charge in [-0.05, 0) is 18.8 Å². The minimum absolute atomic E-state index is 0.0706. The van der Waals surface area contributed by atoms with Gasteiger partial charge in [-0.3, -0.25) is 4.79 Å². The van der Waals surface area contributed by atoms with Crippen molar-refractivity contribution in [3.8, 4) is 0 Å². The van der Waals surface area contributed by atoms with Crippen molar-refractivity contribution in [2.45, 2.75) is 24.6 Å². The van der Waals surface area contributed by atoms with Crippen molar-refractivity contribution < 1.29 is 4.79 Å². The lowest BCUT2D eigenvalue weighted by atomic mass is 10.4. The molecule has 1 aliphatic heterocycles. The second-order valence-electron chi connectivity index (χ2n) is 3.54. The maximum absolute atomic E-state index is 11.2. The van der Waals surface area contributed by atoms with E-state index in [4.69, 9.17) is 11.6 Å². The Morgan fingerprint density at radius 3 is 2.73 bits per heavy atom. The van der Waals surface area contributed by atoms with E-state index in [2.05, 4.69) is 0 Å².